The van der Waals surface area contributed by atoms with Gasteiger partial charge in [0.25, 0.3) is 0 Å². The molecular weight excluding hydrogens is 653 g/mol. The lowest BCUT2D eigenvalue weighted by molar-refractivity contribution is 1.11. The van der Waals surface area contributed by atoms with Crippen molar-refractivity contribution in [3.05, 3.63) is 230 Å². The first-order chi connectivity index (χ1) is 26.3. The second-order valence-electron chi connectivity index (χ2n) is 13.1. The first kappa shape index (κ1) is 37.1. The average Bonchev–Trinajstić information content (AvgIpc) is 3.19. The van der Waals surface area contributed by atoms with Gasteiger partial charge in [0, 0.05) is 45.3 Å². The molecule has 2 heteroatoms. The van der Waals surface area contributed by atoms with Crippen molar-refractivity contribution in [2.45, 2.75) is 27.7 Å². The molecule has 0 aliphatic rings. The number of para-hydroxylation sites is 2. The van der Waals surface area contributed by atoms with Crippen LogP contribution in [0.1, 0.15) is 38.8 Å². The Balaban J connectivity index is 1.67. The minimum absolute atomic E-state index is 0.838. The Morgan fingerprint density at radius 3 is 1.54 bits per heavy atom. The Morgan fingerprint density at radius 1 is 0.537 bits per heavy atom. The SMILES string of the molecule is C=C/C(=C(\C)N(C(=C)/C=C\C)c1ccccc1)c1cccc2c(-c3ccccc3)c3cccc(/C(=C/C)C(=C)N(C(=C)/C=C\C)c4ccccc4)c3cc12. The third-order valence-electron chi connectivity index (χ3n) is 9.80. The van der Waals surface area contributed by atoms with E-state index in [0.29, 0.717) is 0 Å². The van der Waals surface area contributed by atoms with Gasteiger partial charge >= 0.3 is 0 Å². The maximum Gasteiger partial charge on any atom is 0.0464 e. The number of nitrogens with zero attached hydrogens (tertiary/aromatic N) is 2. The summed E-state index contributed by atoms with van der Waals surface area (Å²) in [6, 6.07) is 47.0. The molecule has 0 saturated carbocycles. The van der Waals surface area contributed by atoms with Gasteiger partial charge in [0.05, 0.1) is 0 Å². The summed E-state index contributed by atoms with van der Waals surface area (Å²) in [5, 5.41) is 4.61. The molecule has 0 saturated heterocycles. The van der Waals surface area contributed by atoms with Crippen molar-refractivity contribution in [3.8, 4) is 11.1 Å². The van der Waals surface area contributed by atoms with Crippen LogP contribution in [0, 0.1) is 0 Å². The number of benzene rings is 6. The van der Waals surface area contributed by atoms with Crippen LogP contribution in [0.5, 0.6) is 0 Å². The van der Waals surface area contributed by atoms with Crippen LogP contribution in [-0.2, 0) is 0 Å². The predicted molar refractivity (Wildman–Crippen MR) is 238 cm³/mol. The molecule has 0 unspecified atom stereocenters. The summed E-state index contributed by atoms with van der Waals surface area (Å²) >= 11 is 0. The van der Waals surface area contributed by atoms with E-state index in [9.17, 15) is 0 Å². The first-order valence-electron chi connectivity index (χ1n) is 18.4. The van der Waals surface area contributed by atoms with Gasteiger partial charge in [0.2, 0.25) is 0 Å². The van der Waals surface area contributed by atoms with Crippen LogP contribution in [0.3, 0.4) is 0 Å². The molecule has 0 amide bonds. The van der Waals surface area contributed by atoms with Crippen LogP contribution in [0.4, 0.5) is 11.4 Å². The van der Waals surface area contributed by atoms with E-state index in [1.54, 1.807) is 0 Å². The quantitative estimate of drug-likeness (QED) is 0.0874. The molecule has 54 heavy (non-hydrogen) atoms. The summed E-state index contributed by atoms with van der Waals surface area (Å²) in [6.07, 6.45) is 12.2. The molecule has 0 fully saturated rings. The highest BCUT2D eigenvalue weighted by atomic mass is 15.2. The summed E-state index contributed by atoms with van der Waals surface area (Å²) in [4.78, 5) is 4.34. The van der Waals surface area contributed by atoms with E-state index in [2.05, 4.69) is 159 Å². The Bertz CT molecular complexity index is 2470. The van der Waals surface area contributed by atoms with Gasteiger partial charge in [-0.1, -0.05) is 154 Å². The second-order valence-corrected chi connectivity index (χ2v) is 13.1. The zero-order valence-electron chi connectivity index (χ0n) is 31.9. The summed E-state index contributed by atoms with van der Waals surface area (Å²) in [5.74, 6) is 0. The van der Waals surface area contributed by atoms with Gasteiger partial charge in [-0.3, -0.25) is 0 Å². The van der Waals surface area contributed by atoms with Crippen molar-refractivity contribution in [2.24, 2.45) is 0 Å². The van der Waals surface area contributed by atoms with Gasteiger partial charge in [-0.05, 0) is 114 Å². The van der Waals surface area contributed by atoms with Gasteiger partial charge in [-0.2, -0.15) is 0 Å². The monoisotopic (exact) mass is 700 g/mol. The number of rotatable bonds is 13. The lowest BCUT2D eigenvalue weighted by Crippen LogP contribution is -2.20. The zero-order chi connectivity index (χ0) is 38.2. The molecule has 266 valence electrons. The van der Waals surface area contributed by atoms with Crippen LogP contribution < -0.4 is 9.80 Å². The summed E-state index contributed by atoms with van der Waals surface area (Å²) in [7, 11) is 0. The van der Waals surface area contributed by atoms with E-state index in [4.69, 9.17) is 6.58 Å². The molecule has 0 aliphatic carbocycles. The van der Waals surface area contributed by atoms with Crippen LogP contribution in [-0.4, -0.2) is 0 Å². The van der Waals surface area contributed by atoms with Crippen molar-refractivity contribution in [3.63, 3.8) is 0 Å². The smallest absolute Gasteiger partial charge is 0.0464 e. The maximum atomic E-state index is 4.72. The Morgan fingerprint density at radius 2 is 1.02 bits per heavy atom. The van der Waals surface area contributed by atoms with Crippen LogP contribution in [0.2, 0.25) is 0 Å². The van der Waals surface area contributed by atoms with E-state index >= 15 is 0 Å². The molecule has 0 aromatic heterocycles. The fraction of sp³-hybridized carbons (Fsp3) is 0.0769. The number of hydrogen-bond acceptors (Lipinski definition) is 2. The number of fused-ring (bicyclic) bond motifs is 2. The minimum atomic E-state index is 0.838. The largest absolute Gasteiger partial charge is 0.315 e. The minimum Gasteiger partial charge on any atom is -0.315 e. The van der Waals surface area contributed by atoms with E-state index in [1.165, 1.54) is 16.3 Å². The molecular formula is C52H48N2. The fourth-order valence-electron chi connectivity index (χ4n) is 7.48. The molecule has 0 radical (unpaired) electrons. The van der Waals surface area contributed by atoms with Gasteiger partial charge < -0.3 is 9.80 Å². The first-order valence-corrected chi connectivity index (χ1v) is 18.4. The molecule has 2 nitrogen and oxygen atoms in total. The topological polar surface area (TPSA) is 6.48 Å². The Hall–Kier alpha value is -6.64. The standard InChI is InChI=1S/C52H48N2/c1-9-24-37(5)53(42-28-18-14-19-29-42)39(7)44(11-3)46-32-22-34-48-50(46)36-51-47(33-23-35-49(51)52(48)41-26-16-13-17-27-41)45(12-4)40(8)54(38(6)25-10-2)43-30-20-15-21-31-43/h9-36H,3,5-6,8H2,1-2,4,7H3/b24-9-,25-10-,44-39-,45-12+. The molecule has 0 N–H and O–H groups in total. The van der Waals surface area contributed by atoms with E-state index in [0.717, 1.165) is 72.8 Å². The highest BCUT2D eigenvalue weighted by molar-refractivity contribution is 6.18. The molecule has 0 spiro atoms. The molecule has 6 aromatic carbocycles. The maximum absolute atomic E-state index is 4.72. The van der Waals surface area contributed by atoms with Gasteiger partial charge in [0.15, 0.2) is 0 Å². The van der Waals surface area contributed by atoms with E-state index in [-0.39, 0.29) is 0 Å². The van der Waals surface area contributed by atoms with E-state index in [1.807, 2.05) is 68.5 Å². The average molecular weight is 701 g/mol. The van der Waals surface area contributed by atoms with E-state index < -0.39 is 0 Å². The number of anilines is 2. The zero-order valence-corrected chi connectivity index (χ0v) is 31.9. The molecule has 0 atom stereocenters. The summed E-state index contributed by atoms with van der Waals surface area (Å²) in [6.45, 7) is 26.3. The third-order valence-corrected chi connectivity index (χ3v) is 9.80. The highest BCUT2D eigenvalue weighted by Gasteiger charge is 2.22. The number of hydrogen-bond donors (Lipinski definition) is 0. The lowest BCUT2D eigenvalue weighted by Gasteiger charge is -2.30. The van der Waals surface area contributed by atoms with Crippen molar-refractivity contribution >= 4 is 44.1 Å². The fourth-order valence-corrected chi connectivity index (χ4v) is 7.48. The third kappa shape index (κ3) is 7.20. The molecule has 0 heterocycles. The van der Waals surface area contributed by atoms with Gasteiger partial charge in [-0.25, -0.2) is 0 Å². The Labute approximate surface area is 321 Å². The van der Waals surface area contributed by atoms with Crippen molar-refractivity contribution in [2.75, 3.05) is 9.80 Å². The molecule has 6 rings (SSSR count). The van der Waals surface area contributed by atoms with Crippen LogP contribution in [0.25, 0.3) is 43.8 Å². The van der Waals surface area contributed by atoms with Gasteiger partial charge in [-0.15, -0.1) is 0 Å². The van der Waals surface area contributed by atoms with Crippen LogP contribution >= 0.6 is 0 Å². The molecule has 0 bridgehead atoms. The van der Waals surface area contributed by atoms with Gasteiger partial charge in [0.1, 0.15) is 0 Å². The van der Waals surface area contributed by atoms with Crippen molar-refractivity contribution < 1.29 is 0 Å². The number of allylic oxidation sites excluding steroid dienone is 9. The second kappa shape index (κ2) is 16.8. The highest BCUT2D eigenvalue weighted by Crippen LogP contribution is 2.44. The van der Waals surface area contributed by atoms with Crippen molar-refractivity contribution in [1.82, 2.24) is 0 Å². The van der Waals surface area contributed by atoms with Crippen molar-refractivity contribution in [1.29, 1.82) is 0 Å². The lowest BCUT2D eigenvalue weighted by atomic mass is 9.85. The summed E-state index contributed by atoms with van der Waals surface area (Å²) in [5.41, 5.74) is 12.2. The normalized spacial score (nSPS) is 12.3. The molecule has 0 aliphatic heterocycles. The molecule has 6 aromatic rings. The summed E-state index contributed by atoms with van der Waals surface area (Å²) < 4.78 is 0. The Kier molecular flexibility index (Phi) is 11.5. The predicted octanol–water partition coefficient (Wildman–Crippen LogP) is 14.7. The van der Waals surface area contributed by atoms with Crippen LogP contribution in [0.15, 0.2) is 219 Å².